The van der Waals surface area contributed by atoms with E-state index < -0.39 is 0 Å². The number of aromatic nitrogens is 2. The Morgan fingerprint density at radius 2 is 2.27 bits per heavy atom. The van der Waals surface area contributed by atoms with E-state index in [1.807, 2.05) is 0 Å². The van der Waals surface area contributed by atoms with Gasteiger partial charge >= 0.3 is 0 Å². The smallest absolute Gasteiger partial charge is 0.106 e. The van der Waals surface area contributed by atoms with Crippen LogP contribution in [0.3, 0.4) is 0 Å². The van der Waals surface area contributed by atoms with Crippen LogP contribution in [-0.2, 0) is 6.42 Å². The Bertz CT molecular complexity index is 251. The molecule has 0 aliphatic rings. The quantitative estimate of drug-likeness (QED) is 0.704. The third-order valence-electron chi connectivity index (χ3n) is 1.54. The highest BCUT2D eigenvalue weighted by Gasteiger charge is 2.01. The van der Waals surface area contributed by atoms with Crippen molar-refractivity contribution in [1.82, 2.24) is 9.97 Å². The standard InChI is InChI=1S/C9H12N2.H2/c1-4-7-8(5-2)11-9(6-3)10-7;/h4-5H,1-2,6H2,3H3,(H,10,11);1H. The molecule has 1 N–H and O–H groups in total. The number of H-pyrrole nitrogens is 1. The number of nitrogens with zero attached hydrogens (tertiary/aromatic N) is 1. The van der Waals surface area contributed by atoms with Crippen LogP contribution in [0.2, 0.25) is 0 Å². The number of imidazole rings is 1. The molecule has 0 saturated carbocycles. The summed E-state index contributed by atoms with van der Waals surface area (Å²) in [6.07, 6.45) is 4.39. The van der Waals surface area contributed by atoms with E-state index in [1.54, 1.807) is 12.2 Å². The van der Waals surface area contributed by atoms with Gasteiger partial charge in [0.15, 0.2) is 0 Å². The zero-order valence-corrected chi connectivity index (χ0v) is 6.72. The Morgan fingerprint density at radius 3 is 2.64 bits per heavy atom. The molecule has 0 saturated heterocycles. The molecule has 0 unspecified atom stereocenters. The van der Waals surface area contributed by atoms with Crippen LogP contribution in [0, 0.1) is 0 Å². The Balaban J connectivity index is 0.00000121. The van der Waals surface area contributed by atoms with Gasteiger partial charge in [-0.25, -0.2) is 4.98 Å². The molecular formula is C9H14N2. The van der Waals surface area contributed by atoms with Crippen LogP contribution in [0.25, 0.3) is 12.2 Å². The number of hydrogen-bond acceptors (Lipinski definition) is 1. The van der Waals surface area contributed by atoms with Crippen LogP contribution < -0.4 is 0 Å². The molecule has 1 aromatic rings. The summed E-state index contributed by atoms with van der Waals surface area (Å²) in [5, 5.41) is 0. The van der Waals surface area contributed by atoms with E-state index in [-0.39, 0.29) is 1.43 Å². The normalized spacial score (nSPS) is 9.55. The Kier molecular flexibility index (Phi) is 2.26. The summed E-state index contributed by atoms with van der Waals surface area (Å²) in [5.41, 5.74) is 1.84. The van der Waals surface area contributed by atoms with Crippen molar-refractivity contribution >= 4 is 12.2 Å². The van der Waals surface area contributed by atoms with Crippen LogP contribution in [-0.4, -0.2) is 9.97 Å². The highest BCUT2D eigenvalue weighted by Crippen LogP contribution is 2.08. The zero-order chi connectivity index (χ0) is 8.27. The first-order chi connectivity index (χ1) is 5.31. The zero-order valence-electron chi connectivity index (χ0n) is 6.72. The van der Waals surface area contributed by atoms with Gasteiger partial charge < -0.3 is 4.98 Å². The Labute approximate surface area is 68.2 Å². The van der Waals surface area contributed by atoms with E-state index in [1.165, 1.54) is 0 Å². The lowest BCUT2D eigenvalue weighted by Crippen LogP contribution is -1.80. The van der Waals surface area contributed by atoms with Gasteiger partial charge in [-0.15, -0.1) is 0 Å². The summed E-state index contributed by atoms with van der Waals surface area (Å²) >= 11 is 0. The van der Waals surface area contributed by atoms with Gasteiger partial charge in [0.2, 0.25) is 0 Å². The molecule has 0 fully saturated rings. The third-order valence-corrected chi connectivity index (χ3v) is 1.54. The van der Waals surface area contributed by atoms with Crippen LogP contribution in [0.4, 0.5) is 0 Å². The molecule has 1 rings (SSSR count). The van der Waals surface area contributed by atoms with Gasteiger partial charge in [0.1, 0.15) is 5.82 Å². The minimum absolute atomic E-state index is 0. The van der Waals surface area contributed by atoms with Crippen molar-refractivity contribution < 1.29 is 1.43 Å². The third kappa shape index (κ3) is 1.40. The summed E-state index contributed by atoms with van der Waals surface area (Å²) in [4.78, 5) is 7.40. The highest BCUT2D eigenvalue weighted by molar-refractivity contribution is 5.57. The second kappa shape index (κ2) is 3.19. The lowest BCUT2D eigenvalue weighted by atomic mass is 10.3. The summed E-state index contributed by atoms with van der Waals surface area (Å²) in [6.45, 7) is 9.38. The molecule has 0 aliphatic heterocycles. The van der Waals surface area contributed by atoms with Gasteiger partial charge in [-0.05, 0) is 12.2 Å². The second-order valence-electron chi connectivity index (χ2n) is 2.24. The van der Waals surface area contributed by atoms with Crippen molar-refractivity contribution in [2.24, 2.45) is 0 Å². The molecule has 1 aromatic heterocycles. The van der Waals surface area contributed by atoms with Gasteiger partial charge in [0.05, 0.1) is 11.4 Å². The van der Waals surface area contributed by atoms with Gasteiger partial charge in [-0.2, -0.15) is 0 Å². The maximum atomic E-state index is 4.27. The maximum Gasteiger partial charge on any atom is 0.106 e. The van der Waals surface area contributed by atoms with E-state index in [4.69, 9.17) is 0 Å². The predicted octanol–water partition coefficient (Wildman–Crippen LogP) is 2.50. The second-order valence-corrected chi connectivity index (χ2v) is 2.24. The first-order valence-corrected chi connectivity index (χ1v) is 3.65. The monoisotopic (exact) mass is 150 g/mol. The van der Waals surface area contributed by atoms with Crippen LogP contribution in [0.5, 0.6) is 0 Å². The number of rotatable bonds is 3. The summed E-state index contributed by atoms with van der Waals surface area (Å²) < 4.78 is 0. The molecule has 0 bridgehead atoms. The molecule has 0 radical (unpaired) electrons. The summed E-state index contributed by atoms with van der Waals surface area (Å²) in [7, 11) is 0. The number of aryl methyl sites for hydroxylation is 1. The molecule has 0 aliphatic carbocycles. The largest absolute Gasteiger partial charge is 0.342 e. The van der Waals surface area contributed by atoms with E-state index >= 15 is 0 Å². The molecule has 1 heterocycles. The van der Waals surface area contributed by atoms with Gasteiger partial charge in [-0.3, -0.25) is 0 Å². The number of hydrogen-bond donors (Lipinski definition) is 1. The van der Waals surface area contributed by atoms with E-state index in [0.717, 1.165) is 23.6 Å². The topological polar surface area (TPSA) is 28.7 Å². The predicted molar refractivity (Wildman–Crippen MR) is 50.3 cm³/mol. The van der Waals surface area contributed by atoms with E-state index in [0.29, 0.717) is 0 Å². The number of aromatic amines is 1. The van der Waals surface area contributed by atoms with Crippen LogP contribution >= 0.6 is 0 Å². The van der Waals surface area contributed by atoms with Crippen LogP contribution in [0.1, 0.15) is 25.6 Å². The number of nitrogens with one attached hydrogen (secondary N) is 1. The average molecular weight is 150 g/mol. The SMILES string of the molecule is C=Cc1nc(CC)[nH]c1C=C.[HH]. The lowest BCUT2D eigenvalue weighted by molar-refractivity contribution is 0.986. The molecule has 2 heteroatoms. The average Bonchev–Trinajstić information content (AvgIpc) is 2.46. The van der Waals surface area contributed by atoms with E-state index in [9.17, 15) is 0 Å². The minimum atomic E-state index is 0. The maximum absolute atomic E-state index is 4.27. The summed E-state index contributed by atoms with van der Waals surface area (Å²) in [5.74, 6) is 0.981. The fourth-order valence-corrected chi connectivity index (χ4v) is 0.932. The highest BCUT2D eigenvalue weighted by atomic mass is 14.9. The molecule has 0 atom stereocenters. The van der Waals surface area contributed by atoms with Crippen molar-refractivity contribution in [2.45, 2.75) is 13.3 Å². The van der Waals surface area contributed by atoms with Gasteiger partial charge in [0, 0.05) is 7.85 Å². The first-order valence-electron chi connectivity index (χ1n) is 3.65. The molecule has 0 aromatic carbocycles. The van der Waals surface area contributed by atoms with Gasteiger partial charge in [-0.1, -0.05) is 20.1 Å². The van der Waals surface area contributed by atoms with Crippen molar-refractivity contribution in [3.63, 3.8) is 0 Å². The van der Waals surface area contributed by atoms with Crippen molar-refractivity contribution in [3.05, 3.63) is 30.4 Å². The molecule has 11 heavy (non-hydrogen) atoms. The molecule has 0 amide bonds. The fraction of sp³-hybridized carbons (Fsp3) is 0.222. The lowest BCUT2D eigenvalue weighted by Gasteiger charge is -1.84. The fourth-order valence-electron chi connectivity index (χ4n) is 0.932. The Morgan fingerprint density at radius 1 is 1.55 bits per heavy atom. The minimum Gasteiger partial charge on any atom is -0.342 e. The van der Waals surface area contributed by atoms with Crippen LogP contribution in [0.15, 0.2) is 13.2 Å². The summed E-state index contributed by atoms with van der Waals surface area (Å²) in [6, 6.07) is 0. The van der Waals surface area contributed by atoms with Crippen molar-refractivity contribution in [1.29, 1.82) is 0 Å². The molecule has 2 nitrogen and oxygen atoms in total. The van der Waals surface area contributed by atoms with Crippen molar-refractivity contribution in [3.8, 4) is 0 Å². The van der Waals surface area contributed by atoms with Gasteiger partial charge in [0.25, 0.3) is 0 Å². The van der Waals surface area contributed by atoms with Crippen molar-refractivity contribution in [2.75, 3.05) is 0 Å². The van der Waals surface area contributed by atoms with E-state index in [2.05, 4.69) is 30.0 Å². The molecule has 60 valence electrons. The molecular weight excluding hydrogens is 136 g/mol. The first kappa shape index (κ1) is 7.79. The Hall–Kier alpha value is -1.31. The molecule has 0 spiro atoms.